The lowest BCUT2D eigenvalue weighted by atomic mass is 10.2. The number of benzene rings is 2. The van der Waals surface area contributed by atoms with Gasteiger partial charge in [-0.1, -0.05) is 30.3 Å². The first-order valence-corrected chi connectivity index (χ1v) is 10.3. The van der Waals surface area contributed by atoms with Gasteiger partial charge < -0.3 is 19.5 Å². The Labute approximate surface area is 177 Å². The van der Waals surface area contributed by atoms with Crippen molar-refractivity contribution in [2.75, 3.05) is 26.2 Å². The maximum atomic E-state index is 11.9. The molecule has 0 atom stereocenters. The van der Waals surface area contributed by atoms with Gasteiger partial charge in [0, 0.05) is 45.1 Å². The molecule has 30 heavy (non-hydrogen) atoms. The number of fused-ring (bicyclic) bond motifs is 1. The van der Waals surface area contributed by atoms with Gasteiger partial charge in [0.1, 0.15) is 5.75 Å². The Morgan fingerprint density at radius 1 is 1.07 bits per heavy atom. The van der Waals surface area contributed by atoms with Crippen molar-refractivity contribution in [1.82, 2.24) is 14.8 Å². The van der Waals surface area contributed by atoms with Crippen LogP contribution in [0.15, 0.2) is 65.5 Å². The Hall–Kier alpha value is -3.12. The smallest absolute Gasteiger partial charge is 0.250 e. The lowest BCUT2D eigenvalue weighted by molar-refractivity contribution is -0.129. The summed E-state index contributed by atoms with van der Waals surface area (Å²) in [7, 11) is 1.77. The summed E-state index contributed by atoms with van der Waals surface area (Å²) in [6.45, 7) is 5.08. The molecule has 0 fully saturated rings. The monoisotopic (exact) mass is 407 g/mol. The van der Waals surface area contributed by atoms with E-state index < -0.39 is 0 Å². The zero-order valence-corrected chi connectivity index (χ0v) is 17.6. The Balaban J connectivity index is 1.37. The Morgan fingerprint density at radius 3 is 2.63 bits per heavy atom. The molecule has 1 N–H and O–H groups in total. The number of nitrogens with zero attached hydrogens (tertiary/aromatic N) is 2. The molecule has 0 radical (unpaired) electrons. The van der Waals surface area contributed by atoms with Crippen molar-refractivity contribution < 1.29 is 9.53 Å². The van der Waals surface area contributed by atoms with Gasteiger partial charge in [0.25, 0.3) is 5.56 Å². The van der Waals surface area contributed by atoms with Gasteiger partial charge in [-0.2, -0.15) is 0 Å². The van der Waals surface area contributed by atoms with E-state index >= 15 is 0 Å². The largest absolute Gasteiger partial charge is 0.494 e. The first-order valence-electron chi connectivity index (χ1n) is 10.3. The number of hydrogen-bond donors (Lipinski definition) is 1. The van der Waals surface area contributed by atoms with Gasteiger partial charge in [-0.3, -0.25) is 9.59 Å². The Bertz CT molecular complexity index is 1030. The molecule has 2 aromatic carbocycles. The molecule has 0 aliphatic carbocycles. The topological polar surface area (TPSA) is 63.6 Å². The van der Waals surface area contributed by atoms with Crippen molar-refractivity contribution in [2.45, 2.75) is 19.9 Å². The number of rotatable bonds is 10. The quantitative estimate of drug-likeness (QED) is 0.525. The minimum Gasteiger partial charge on any atom is -0.494 e. The first-order chi connectivity index (χ1) is 14.5. The molecule has 0 saturated carbocycles. The predicted molar refractivity (Wildman–Crippen MR) is 120 cm³/mol. The van der Waals surface area contributed by atoms with E-state index in [-0.39, 0.29) is 11.5 Å². The minimum atomic E-state index is -0.0191. The highest BCUT2D eigenvalue weighted by molar-refractivity contribution is 5.80. The Kier molecular flexibility index (Phi) is 7.63. The van der Waals surface area contributed by atoms with E-state index in [4.69, 9.17) is 4.74 Å². The number of carbonyl (C=O) groups is 1. The van der Waals surface area contributed by atoms with Gasteiger partial charge in [-0.25, -0.2) is 0 Å². The van der Waals surface area contributed by atoms with Gasteiger partial charge in [0.05, 0.1) is 12.1 Å². The molecule has 0 bridgehead atoms. The zero-order chi connectivity index (χ0) is 21.3. The van der Waals surface area contributed by atoms with Crippen molar-refractivity contribution in [3.63, 3.8) is 0 Å². The molecule has 6 nitrogen and oxygen atoms in total. The molecule has 0 aliphatic heterocycles. The molecule has 158 valence electrons. The van der Waals surface area contributed by atoms with Crippen molar-refractivity contribution in [3.05, 3.63) is 76.6 Å². The van der Waals surface area contributed by atoms with Crippen LogP contribution in [0, 0.1) is 0 Å². The molecule has 0 unspecified atom stereocenters. The van der Waals surface area contributed by atoms with Crippen molar-refractivity contribution in [3.8, 4) is 5.75 Å². The van der Waals surface area contributed by atoms with Crippen LogP contribution < -0.4 is 15.6 Å². The van der Waals surface area contributed by atoms with E-state index in [1.54, 1.807) is 24.6 Å². The average Bonchev–Trinajstić information content (AvgIpc) is 2.75. The van der Waals surface area contributed by atoms with E-state index in [1.165, 1.54) is 0 Å². The molecular formula is C24H29N3O3. The Morgan fingerprint density at radius 2 is 1.87 bits per heavy atom. The fourth-order valence-corrected chi connectivity index (χ4v) is 3.33. The molecule has 1 amide bonds. The first kappa shape index (κ1) is 21.6. The van der Waals surface area contributed by atoms with Gasteiger partial charge >= 0.3 is 0 Å². The summed E-state index contributed by atoms with van der Waals surface area (Å²) in [6, 6.07) is 19.2. The second kappa shape index (κ2) is 10.6. The normalized spacial score (nSPS) is 10.9. The minimum absolute atomic E-state index is 0.0191. The molecule has 0 saturated heterocycles. The summed E-state index contributed by atoms with van der Waals surface area (Å²) < 4.78 is 7.47. The van der Waals surface area contributed by atoms with E-state index in [2.05, 4.69) is 5.32 Å². The van der Waals surface area contributed by atoms with Crippen LogP contribution in [-0.4, -0.2) is 41.6 Å². The third-order valence-corrected chi connectivity index (χ3v) is 5.08. The number of pyridine rings is 1. The van der Waals surface area contributed by atoms with Gasteiger partial charge in [-0.15, -0.1) is 0 Å². The van der Waals surface area contributed by atoms with Crippen LogP contribution in [0.2, 0.25) is 0 Å². The number of carbonyl (C=O) groups excluding carboxylic acids is 1. The highest BCUT2D eigenvalue weighted by Gasteiger charge is 2.08. The molecule has 0 aliphatic rings. The maximum Gasteiger partial charge on any atom is 0.250 e. The highest BCUT2D eigenvalue weighted by Crippen LogP contribution is 2.19. The molecule has 1 heterocycles. The molecule has 3 rings (SSSR count). The second-order valence-electron chi connectivity index (χ2n) is 7.33. The second-order valence-corrected chi connectivity index (χ2v) is 7.33. The molecule has 1 aromatic heterocycles. The summed E-state index contributed by atoms with van der Waals surface area (Å²) in [5.41, 5.74) is 2.01. The van der Waals surface area contributed by atoms with Crippen LogP contribution in [-0.2, 0) is 18.4 Å². The van der Waals surface area contributed by atoms with Crippen molar-refractivity contribution >= 4 is 16.8 Å². The predicted octanol–water partition coefficient (Wildman–Crippen LogP) is 2.95. The number of hydrogen-bond acceptors (Lipinski definition) is 4. The van der Waals surface area contributed by atoms with Crippen molar-refractivity contribution in [1.29, 1.82) is 0 Å². The number of aryl methyl sites for hydroxylation is 1. The van der Waals surface area contributed by atoms with Crippen LogP contribution >= 0.6 is 0 Å². The number of amides is 1. The van der Waals surface area contributed by atoms with E-state index in [9.17, 15) is 9.59 Å². The fraction of sp³-hybridized carbons (Fsp3) is 0.333. The third kappa shape index (κ3) is 5.94. The van der Waals surface area contributed by atoms with Crippen molar-refractivity contribution in [2.24, 2.45) is 7.05 Å². The van der Waals surface area contributed by atoms with Gasteiger partial charge in [0.2, 0.25) is 5.91 Å². The summed E-state index contributed by atoms with van der Waals surface area (Å²) in [6.07, 6.45) is 0.865. The van der Waals surface area contributed by atoms with E-state index in [0.29, 0.717) is 19.7 Å². The van der Waals surface area contributed by atoms with Crippen LogP contribution in [0.3, 0.4) is 0 Å². The lowest BCUT2D eigenvalue weighted by Gasteiger charge is -2.21. The van der Waals surface area contributed by atoms with Crippen LogP contribution in [0.5, 0.6) is 5.75 Å². The fourth-order valence-electron chi connectivity index (χ4n) is 3.33. The summed E-state index contributed by atoms with van der Waals surface area (Å²) >= 11 is 0. The molecule has 0 spiro atoms. The number of aromatic nitrogens is 1. The number of nitrogens with one attached hydrogen (secondary N) is 1. The molecule has 3 aromatic rings. The average molecular weight is 408 g/mol. The SMILES string of the molecule is CC(=O)N(CCNCCCOc1ccc2c(ccc(=O)n2C)c1)Cc1ccccc1. The van der Waals surface area contributed by atoms with Crippen LogP contribution in [0.1, 0.15) is 18.9 Å². The van der Waals surface area contributed by atoms with E-state index in [0.717, 1.165) is 41.7 Å². The van der Waals surface area contributed by atoms with Crippen LogP contribution in [0.25, 0.3) is 10.9 Å². The third-order valence-electron chi connectivity index (χ3n) is 5.08. The lowest BCUT2D eigenvalue weighted by Crippen LogP contribution is -2.35. The summed E-state index contributed by atoms with van der Waals surface area (Å²) in [4.78, 5) is 25.4. The summed E-state index contributed by atoms with van der Waals surface area (Å²) in [5.74, 6) is 0.879. The maximum absolute atomic E-state index is 11.9. The van der Waals surface area contributed by atoms with Gasteiger partial charge in [-0.05, 0) is 42.8 Å². The van der Waals surface area contributed by atoms with Crippen LogP contribution in [0.4, 0.5) is 0 Å². The molecular weight excluding hydrogens is 378 g/mol. The van der Waals surface area contributed by atoms with Gasteiger partial charge in [0.15, 0.2) is 0 Å². The summed E-state index contributed by atoms with van der Waals surface area (Å²) in [5, 5.41) is 4.36. The number of ether oxygens (including phenoxy) is 1. The zero-order valence-electron chi connectivity index (χ0n) is 17.6. The highest BCUT2D eigenvalue weighted by atomic mass is 16.5. The standard InChI is InChI=1S/C24H29N3O3/c1-19(28)27(18-20-7-4-3-5-8-20)15-14-25-13-6-16-30-22-10-11-23-21(17-22)9-12-24(29)26(23)2/h3-5,7-12,17,25H,6,13-16,18H2,1-2H3. The van der Waals surface area contributed by atoms with E-state index in [1.807, 2.05) is 59.5 Å². The molecule has 6 heteroatoms.